The molecule has 3 heterocycles. The van der Waals surface area contributed by atoms with Crippen molar-refractivity contribution in [3.63, 3.8) is 0 Å². The van der Waals surface area contributed by atoms with Gasteiger partial charge in [-0.1, -0.05) is 49.6 Å². The average Bonchev–Trinajstić information content (AvgIpc) is 3.37. The summed E-state index contributed by atoms with van der Waals surface area (Å²) < 4.78 is 1.76. The van der Waals surface area contributed by atoms with E-state index < -0.39 is 0 Å². The third kappa shape index (κ3) is 5.19. The van der Waals surface area contributed by atoms with Crippen molar-refractivity contribution in [3.05, 3.63) is 71.7 Å². The van der Waals surface area contributed by atoms with Crippen LogP contribution in [0.3, 0.4) is 0 Å². The van der Waals surface area contributed by atoms with Crippen LogP contribution in [0.1, 0.15) is 61.9 Å². The first-order valence-electron chi connectivity index (χ1n) is 12.1. The number of aromatic nitrogens is 6. The number of nitrogen functional groups attached to an aromatic ring is 1. The highest BCUT2D eigenvalue weighted by Gasteiger charge is 2.22. The van der Waals surface area contributed by atoms with Crippen LogP contribution in [0.15, 0.2) is 54.7 Å². The second-order valence-corrected chi connectivity index (χ2v) is 9.23. The summed E-state index contributed by atoms with van der Waals surface area (Å²) >= 11 is 0. The Balaban J connectivity index is 1.35. The fraction of sp³-hybridized carbons (Fsp3) is 0.333. The minimum Gasteiger partial charge on any atom is -0.368 e. The van der Waals surface area contributed by atoms with Gasteiger partial charge in [0.1, 0.15) is 5.69 Å². The summed E-state index contributed by atoms with van der Waals surface area (Å²) in [5.41, 5.74) is 11.3. The molecule has 4 aromatic rings. The number of nitrogens with two attached hydrogens (primary N) is 1. The Kier molecular flexibility index (Phi) is 6.49. The van der Waals surface area contributed by atoms with Crippen LogP contribution in [-0.2, 0) is 6.54 Å². The van der Waals surface area contributed by atoms with E-state index in [-0.39, 0.29) is 5.95 Å². The lowest BCUT2D eigenvalue weighted by atomic mass is 9.79. The molecule has 0 aliphatic heterocycles. The van der Waals surface area contributed by atoms with Gasteiger partial charge in [0.25, 0.3) is 0 Å². The van der Waals surface area contributed by atoms with Gasteiger partial charge >= 0.3 is 0 Å². The van der Waals surface area contributed by atoms with Gasteiger partial charge < -0.3 is 5.73 Å². The molecule has 0 saturated heterocycles. The van der Waals surface area contributed by atoms with Crippen LogP contribution in [0.2, 0.25) is 0 Å². The van der Waals surface area contributed by atoms with Gasteiger partial charge in [-0.2, -0.15) is 5.26 Å². The van der Waals surface area contributed by atoms with Crippen LogP contribution in [-0.4, -0.2) is 29.9 Å². The molecule has 1 unspecified atom stereocenters. The largest absolute Gasteiger partial charge is 0.368 e. The molecule has 3 aromatic heterocycles. The van der Waals surface area contributed by atoms with Crippen LogP contribution in [0, 0.1) is 17.2 Å². The van der Waals surface area contributed by atoms with Gasteiger partial charge in [0.2, 0.25) is 5.95 Å². The topological polar surface area (TPSA) is 119 Å². The Bertz CT molecular complexity index is 1360. The van der Waals surface area contributed by atoms with Crippen molar-refractivity contribution in [3.8, 4) is 28.7 Å². The Morgan fingerprint density at radius 1 is 1.00 bits per heavy atom. The fourth-order valence-electron chi connectivity index (χ4n) is 4.87. The van der Waals surface area contributed by atoms with Crippen molar-refractivity contribution in [1.82, 2.24) is 29.9 Å². The number of rotatable bonds is 6. The highest BCUT2D eigenvalue weighted by Crippen LogP contribution is 2.35. The van der Waals surface area contributed by atoms with E-state index in [1.54, 1.807) is 16.8 Å². The smallest absolute Gasteiger partial charge is 0.221 e. The molecule has 1 aliphatic rings. The fourth-order valence-corrected chi connectivity index (χ4v) is 4.87. The molecule has 35 heavy (non-hydrogen) atoms. The summed E-state index contributed by atoms with van der Waals surface area (Å²) in [5.74, 6) is 1.32. The number of nitrogens with zero attached hydrogens (tertiary/aromatic N) is 7. The van der Waals surface area contributed by atoms with E-state index in [9.17, 15) is 5.26 Å². The van der Waals surface area contributed by atoms with Crippen LogP contribution < -0.4 is 5.73 Å². The minimum absolute atomic E-state index is 0.139. The third-order valence-corrected chi connectivity index (χ3v) is 6.81. The predicted molar refractivity (Wildman–Crippen MR) is 134 cm³/mol. The van der Waals surface area contributed by atoms with Gasteiger partial charge in [0.15, 0.2) is 0 Å². The first-order valence-corrected chi connectivity index (χ1v) is 12.1. The molecule has 0 spiro atoms. The van der Waals surface area contributed by atoms with E-state index in [0.29, 0.717) is 35.1 Å². The maximum atomic E-state index is 9.20. The summed E-state index contributed by atoms with van der Waals surface area (Å²) in [7, 11) is 0. The van der Waals surface area contributed by atoms with Crippen molar-refractivity contribution in [2.24, 2.45) is 5.92 Å². The molecule has 0 bridgehead atoms. The second kappa shape index (κ2) is 10.0. The number of anilines is 1. The van der Waals surface area contributed by atoms with Gasteiger partial charge in [0.05, 0.1) is 41.5 Å². The highest BCUT2D eigenvalue weighted by atomic mass is 15.4. The van der Waals surface area contributed by atoms with Crippen molar-refractivity contribution in [2.75, 3.05) is 5.73 Å². The van der Waals surface area contributed by atoms with Crippen molar-refractivity contribution in [1.29, 1.82) is 5.26 Å². The standard InChI is InChI=1S/C27H28N8/c1-18(20-8-3-2-4-9-20)23-12-6-11-22(30-23)16-35-17-26(33-34-35)25-14-24(31-27(29)32-25)21-10-5-7-19(13-21)15-28/h5-7,10-14,17-18,20H,2-4,8-9,16H2,1H3,(H2,29,31,32). The van der Waals surface area contributed by atoms with Gasteiger partial charge in [-0.25, -0.2) is 14.6 Å². The Labute approximate surface area is 204 Å². The van der Waals surface area contributed by atoms with E-state index in [0.717, 1.165) is 22.9 Å². The van der Waals surface area contributed by atoms with Gasteiger partial charge in [-0.15, -0.1) is 5.10 Å². The maximum absolute atomic E-state index is 9.20. The monoisotopic (exact) mass is 464 g/mol. The lowest BCUT2D eigenvalue weighted by Crippen LogP contribution is -2.15. The quantitative estimate of drug-likeness (QED) is 0.427. The molecule has 1 fully saturated rings. The van der Waals surface area contributed by atoms with Gasteiger partial charge in [-0.3, -0.25) is 4.98 Å². The van der Waals surface area contributed by atoms with E-state index in [2.05, 4.69) is 45.4 Å². The molecule has 1 atom stereocenters. The van der Waals surface area contributed by atoms with E-state index in [1.165, 1.54) is 32.1 Å². The molecule has 1 saturated carbocycles. The second-order valence-electron chi connectivity index (χ2n) is 9.23. The molecule has 176 valence electrons. The highest BCUT2D eigenvalue weighted by molar-refractivity contribution is 5.68. The molecule has 0 amide bonds. The van der Waals surface area contributed by atoms with Gasteiger partial charge in [-0.05, 0) is 49.1 Å². The molecular weight excluding hydrogens is 436 g/mol. The average molecular weight is 465 g/mol. The molecule has 8 heteroatoms. The summed E-state index contributed by atoms with van der Waals surface area (Å²) in [6.45, 7) is 2.83. The molecule has 8 nitrogen and oxygen atoms in total. The number of nitriles is 1. The normalized spacial score (nSPS) is 15.0. The van der Waals surface area contributed by atoms with Crippen molar-refractivity contribution in [2.45, 2.75) is 51.5 Å². The summed E-state index contributed by atoms with van der Waals surface area (Å²) in [4.78, 5) is 13.6. The maximum Gasteiger partial charge on any atom is 0.221 e. The Morgan fingerprint density at radius 3 is 2.63 bits per heavy atom. The van der Waals surface area contributed by atoms with Crippen molar-refractivity contribution >= 4 is 5.95 Å². The van der Waals surface area contributed by atoms with Gasteiger partial charge in [0, 0.05) is 17.2 Å². The lowest BCUT2D eigenvalue weighted by molar-refractivity contribution is 0.312. The zero-order valence-corrected chi connectivity index (χ0v) is 19.8. The van der Waals surface area contributed by atoms with Crippen LogP contribution >= 0.6 is 0 Å². The zero-order chi connectivity index (χ0) is 24.2. The van der Waals surface area contributed by atoms with E-state index in [4.69, 9.17) is 10.7 Å². The van der Waals surface area contributed by atoms with Crippen molar-refractivity contribution < 1.29 is 0 Å². The number of benzene rings is 1. The Morgan fingerprint density at radius 2 is 1.80 bits per heavy atom. The minimum atomic E-state index is 0.139. The zero-order valence-electron chi connectivity index (χ0n) is 19.8. The first-order chi connectivity index (χ1) is 17.1. The molecule has 1 aliphatic carbocycles. The number of hydrogen-bond acceptors (Lipinski definition) is 7. The third-order valence-electron chi connectivity index (χ3n) is 6.81. The van der Waals surface area contributed by atoms with E-state index in [1.807, 2.05) is 30.5 Å². The van der Waals surface area contributed by atoms with Crippen LogP contribution in [0.5, 0.6) is 0 Å². The molecule has 2 N–H and O–H groups in total. The lowest BCUT2D eigenvalue weighted by Gasteiger charge is -2.27. The van der Waals surface area contributed by atoms with Crippen LogP contribution in [0.4, 0.5) is 5.95 Å². The molecule has 0 radical (unpaired) electrons. The molecule has 5 rings (SSSR count). The van der Waals surface area contributed by atoms with Crippen LogP contribution in [0.25, 0.3) is 22.6 Å². The summed E-state index contributed by atoms with van der Waals surface area (Å²) in [6.07, 6.45) is 8.45. The summed E-state index contributed by atoms with van der Waals surface area (Å²) in [6, 6.07) is 17.4. The summed E-state index contributed by atoms with van der Waals surface area (Å²) in [5, 5.41) is 17.8. The molecule has 1 aromatic carbocycles. The number of hydrogen-bond donors (Lipinski definition) is 1. The predicted octanol–water partition coefficient (Wildman–Crippen LogP) is 4.98. The first kappa shape index (κ1) is 22.7. The van der Waals surface area contributed by atoms with E-state index >= 15 is 0 Å². The Hall–Kier alpha value is -4.12. The molecular formula is C27H28N8. The number of pyridine rings is 1. The SMILES string of the molecule is CC(c1cccc(Cn2cc(-c3cc(-c4cccc(C#N)c4)nc(N)n3)nn2)n1)C1CCCCC1.